The number of carbonyl (C=O) groups excluding carboxylic acids is 1. The van der Waals surface area contributed by atoms with Crippen LogP contribution in [0.15, 0.2) is 60.4 Å². The maximum Gasteiger partial charge on any atom is 0.255 e. The number of carbonyl (C=O) groups is 1. The van der Waals surface area contributed by atoms with Gasteiger partial charge in [-0.25, -0.2) is 4.39 Å². The van der Waals surface area contributed by atoms with E-state index in [1.807, 2.05) is 0 Å². The minimum Gasteiger partial charge on any atom is -0.491 e. The number of ether oxygens (including phenoxy) is 3. The van der Waals surface area contributed by atoms with E-state index in [0.717, 1.165) is 0 Å². The van der Waals surface area contributed by atoms with E-state index in [2.05, 4.69) is 5.32 Å². The topological polar surface area (TPSA) is 82.8 Å². The summed E-state index contributed by atoms with van der Waals surface area (Å²) in [6.45, 7) is 1.07. The third kappa shape index (κ3) is 6.73. The third-order valence-corrected chi connectivity index (χ3v) is 3.61. The van der Waals surface area contributed by atoms with Crippen LogP contribution in [-0.2, 0) is 4.74 Å². The summed E-state index contributed by atoms with van der Waals surface area (Å²) in [4.78, 5) is 12.4. The number of amides is 1. The lowest BCUT2D eigenvalue weighted by atomic mass is 10.2. The quantitative estimate of drug-likeness (QED) is 0.624. The molecule has 6 nitrogen and oxygen atoms in total. The Morgan fingerprint density at radius 1 is 1.11 bits per heavy atom. The van der Waals surface area contributed by atoms with Crippen LogP contribution in [0.2, 0.25) is 0 Å². The number of halogens is 1. The Kier molecular flexibility index (Phi) is 8.28. The summed E-state index contributed by atoms with van der Waals surface area (Å²) in [6, 6.07) is 13.7. The van der Waals surface area contributed by atoms with Crippen LogP contribution < -0.4 is 20.5 Å². The van der Waals surface area contributed by atoms with Crippen molar-refractivity contribution in [2.75, 3.05) is 38.8 Å². The average Bonchev–Trinajstić information content (AvgIpc) is 2.70. The van der Waals surface area contributed by atoms with Gasteiger partial charge in [-0.2, -0.15) is 0 Å². The van der Waals surface area contributed by atoms with Crippen molar-refractivity contribution in [2.24, 2.45) is 5.73 Å². The standard InChI is InChI=1S/C20H23FN2O4/c1-25-9-10-26-19-4-2-3-17(11-19)23-20(24)16-5-7-18(8-6-16)27-14-15(12-21)13-22/h2-8,11-12H,9-10,13-14,22H2,1H3,(H,23,24)/b15-12+. The van der Waals surface area contributed by atoms with Gasteiger partial charge in [0.15, 0.2) is 0 Å². The Labute approximate surface area is 157 Å². The van der Waals surface area contributed by atoms with Crippen LogP contribution in [0.1, 0.15) is 10.4 Å². The molecule has 0 aliphatic rings. The molecule has 0 aromatic heterocycles. The van der Waals surface area contributed by atoms with Gasteiger partial charge in [-0.15, -0.1) is 0 Å². The molecule has 144 valence electrons. The van der Waals surface area contributed by atoms with E-state index >= 15 is 0 Å². The van der Waals surface area contributed by atoms with Crippen molar-refractivity contribution in [2.45, 2.75) is 0 Å². The monoisotopic (exact) mass is 374 g/mol. The van der Waals surface area contributed by atoms with E-state index < -0.39 is 0 Å². The van der Waals surface area contributed by atoms with Crippen LogP contribution in [-0.4, -0.2) is 39.4 Å². The fourth-order valence-corrected chi connectivity index (χ4v) is 2.12. The molecular weight excluding hydrogens is 351 g/mol. The lowest BCUT2D eigenvalue weighted by molar-refractivity contribution is 0.102. The maximum atomic E-state index is 12.5. The fourth-order valence-electron chi connectivity index (χ4n) is 2.12. The van der Waals surface area contributed by atoms with Gasteiger partial charge in [0.1, 0.15) is 24.7 Å². The molecule has 0 heterocycles. The predicted molar refractivity (Wildman–Crippen MR) is 102 cm³/mol. The highest BCUT2D eigenvalue weighted by molar-refractivity contribution is 6.04. The highest BCUT2D eigenvalue weighted by atomic mass is 19.1. The summed E-state index contributed by atoms with van der Waals surface area (Å²) < 4.78 is 28.3. The van der Waals surface area contributed by atoms with Crippen LogP contribution >= 0.6 is 0 Å². The van der Waals surface area contributed by atoms with Crippen molar-refractivity contribution in [3.63, 3.8) is 0 Å². The zero-order chi connectivity index (χ0) is 19.5. The van der Waals surface area contributed by atoms with Crippen molar-refractivity contribution in [3.05, 3.63) is 66.0 Å². The molecule has 0 unspecified atom stereocenters. The second-order valence-electron chi connectivity index (χ2n) is 5.61. The highest BCUT2D eigenvalue weighted by Gasteiger charge is 2.07. The zero-order valence-corrected chi connectivity index (χ0v) is 15.1. The molecule has 2 aromatic rings. The summed E-state index contributed by atoms with van der Waals surface area (Å²) in [5.74, 6) is 0.903. The second kappa shape index (κ2) is 10.9. The van der Waals surface area contributed by atoms with Crippen molar-refractivity contribution in [3.8, 4) is 11.5 Å². The Bertz CT molecular complexity index is 763. The van der Waals surface area contributed by atoms with Gasteiger partial charge in [-0.05, 0) is 36.4 Å². The number of hydrogen-bond acceptors (Lipinski definition) is 5. The molecular formula is C20H23FN2O4. The summed E-state index contributed by atoms with van der Waals surface area (Å²) in [7, 11) is 1.60. The van der Waals surface area contributed by atoms with Gasteiger partial charge in [0.25, 0.3) is 5.91 Å². The summed E-state index contributed by atoms with van der Waals surface area (Å²) in [6.07, 6.45) is 0.439. The second-order valence-corrected chi connectivity index (χ2v) is 5.61. The first-order valence-electron chi connectivity index (χ1n) is 8.40. The van der Waals surface area contributed by atoms with E-state index in [0.29, 0.717) is 47.9 Å². The summed E-state index contributed by atoms with van der Waals surface area (Å²) in [5, 5.41) is 2.81. The molecule has 3 N–H and O–H groups in total. The number of anilines is 1. The number of benzene rings is 2. The first kappa shape index (κ1) is 20.4. The molecule has 0 bridgehead atoms. The predicted octanol–water partition coefficient (Wildman–Crippen LogP) is 3.16. The number of methoxy groups -OCH3 is 1. The largest absolute Gasteiger partial charge is 0.491 e. The molecule has 2 rings (SSSR count). The Hall–Kier alpha value is -2.90. The SMILES string of the molecule is COCCOc1cccc(NC(=O)c2ccc(OC/C(=C/F)CN)cc2)c1. The molecule has 0 aliphatic heterocycles. The zero-order valence-electron chi connectivity index (χ0n) is 15.1. The number of nitrogens with one attached hydrogen (secondary N) is 1. The van der Waals surface area contributed by atoms with Gasteiger partial charge in [0.05, 0.1) is 12.9 Å². The Morgan fingerprint density at radius 2 is 1.89 bits per heavy atom. The lowest BCUT2D eigenvalue weighted by Gasteiger charge is -2.10. The van der Waals surface area contributed by atoms with E-state index in [-0.39, 0.29) is 19.1 Å². The average molecular weight is 374 g/mol. The first-order valence-corrected chi connectivity index (χ1v) is 8.40. The molecule has 27 heavy (non-hydrogen) atoms. The molecule has 0 atom stereocenters. The van der Waals surface area contributed by atoms with Gasteiger partial charge >= 0.3 is 0 Å². The van der Waals surface area contributed by atoms with E-state index in [4.69, 9.17) is 19.9 Å². The lowest BCUT2D eigenvalue weighted by Crippen LogP contribution is -2.13. The fraction of sp³-hybridized carbons (Fsp3) is 0.250. The van der Waals surface area contributed by atoms with Crippen LogP contribution in [0.5, 0.6) is 11.5 Å². The molecule has 1 amide bonds. The van der Waals surface area contributed by atoms with Crippen LogP contribution in [0.25, 0.3) is 0 Å². The van der Waals surface area contributed by atoms with Crippen molar-refractivity contribution >= 4 is 11.6 Å². The van der Waals surface area contributed by atoms with Gasteiger partial charge in [0.2, 0.25) is 0 Å². The van der Waals surface area contributed by atoms with Crippen molar-refractivity contribution in [1.29, 1.82) is 0 Å². The number of hydrogen-bond donors (Lipinski definition) is 2. The van der Waals surface area contributed by atoms with Gasteiger partial charge in [0, 0.05) is 36.5 Å². The van der Waals surface area contributed by atoms with Crippen LogP contribution in [0.3, 0.4) is 0 Å². The van der Waals surface area contributed by atoms with Gasteiger partial charge < -0.3 is 25.3 Å². The minimum absolute atomic E-state index is 0.0639. The summed E-state index contributed by atoms with van der Waals surface area (Å²) >= 11 is 0. The molecule has 7 heteroatoms. The van der Waals surface area contributed by atoms with E-state index in [1.165, 1.54) is 0 Å². The highest BCUT2D eigenvalue weighted by Crippen LogP contribution is 2.19. The molecule has 0 aliphatic carbocycles. The number of rotatable bonds is 10. The van der Waals surface area contributed by atoms with E-state index in [1.54, 1.807) is 55.6 Å². The molecule has 2 aromatic carbocycles. The smallest absolute Gasteiger partial charge is 0.255 e. The Balaban J connectivity index is 1.93. The van der Waals surface area contributed by atoms with Gasteiger partial charge in [-0.1, -0.05) is 6.07 Å². The third-order valence-electron chi connectivity index (χ3n) is 3.61. The van der Waals surface area contributed by atoms with Crippen LogP contribution in [0, 0.1) is 0 Å². The molecule has 0 radical (unpaired) electrons. The van der Waals surface area contributed by atoms with Crippen molar-refractivity contribution < 1.29 is 23.4 Å². The van der Waals surface area contributed by atoms with Crippen LogP contribution in [0.4, 0.5) is 10.1 Å². The summed E-state index contributed by atoms with van der Waals surface area (Å²) in [5.41, 5.74) is 6.81. The normalized spacial score (nSPS) is 11.1. The minimum atomic E-state index is -0.262. The molecule has 0 saturated heterocycles. The van der Waals surface area contributed by atoms with E-state index in [9.17, 15) is 9.18 Å². The molecule has 0 spiro atoms. The first-order chi connectivity index (χ1) is 13.2. The Morgan fingerprint density at radius 3 is 2.56 bits per heavy atom. The maximum absolute atomic E-state index is 12.5. The van der Waals surface area contributed by atoms with Crippen molar-refractivity contribution in [1.82, 2.24) is 0 Å². The number of nitrogens with two attached hydrogens (primary N) is 1. The molecule has 0 saturated carbocycles. The van der Waals surface area contributed by atoms with Gasteiger partial charge in [-0.3, -0.25) is 4.79 Å². The molecule has 0 fully saturated rings.